The predicted molar refractivity (Wildman–Crippen MR) is 89.4 cm³/mol. The molecule has 118 valence electrons. The van der Waals surface area contributed by atoms with Crippen LogP contribution in [-0.4, -0.2) is 30.8 Å². The molecule has 2 aromatic rings. The van der Waals surface area contributed by atoms with E-state index in [0.717, 1.165) is 28.3 Å². The lowest BCUT2D eigenvalue weighted by atomic mass is 10.0. The van der Waals surface area contributed by atoms with Crippen molar-refractivity contribution in [2.45, 2.75) is 31.7 Å². The monoisotopic (exact) mass is 336 g/mol. The predicted octanol–water partition coefficient (Wildman–Crippen LogP) is 3.54. The summed E-state index contributed by atoms with van der Waals surface area (Å²) >= 11 is 1.44. The number of hydrogen-bond acceptors (Lipinski definition) is 4. The maximum Gasteiger partial charge on any atom is 0.262 e. The van der Waals surface area contributed by atoms with E-state index in [0.29, 0.717) is 19.0 Å². The van der Waals surface area contributed by atoms with Crippen LogP contribution in [0.25, 0.3) is 10.4 Å². The van der Waals surface area contributed by atoms with Crippen LogP contribution in [0.1, 0.15) is 24.8 Å². The van der Waals surface area contributed by atoms with Crippen LogP contribution >= 0.6 is 11.3 Å². The lowest BCUT2D eigenvalue weighted by Crippen LogP contribution is -2.38. The summed E-state index contributed by atoms with van der Waals surface area (Å²) in [4.78, 5) is 5.09. The van der Waals surface area contributed by atoms with Gasteiger partial charge >= 0.3 is 0 Å². The standard InChI is InChI=1S/C16H20N2O2S2/c1-12-8-10-18(11-9-12)22(19,20)16-15(21-13(2)17-16)14-6-4-3-5-7-14/h3-7,12H,8-11H2,1-2H3. The quantitative estimate of drug-likeness (QED) is 0.861. The number of aromatic nitrogens is 1. The molecule has 0 aliphatic carbocycles. The zero-order chi connectivity index (χ0) is 15.7. The molecule has 0 atom stereocenters. The largest absolute Gasteiger partial charge is 0.262 e. The Morgan fingerprint density at radius 1 is 1.18 bits per heavy atom. The fraction of sp³-hybridized carbons (Fsp3) is 0.438. The van der Waals surface area contributed by atoms with Crippen LogP contribution in [0.5, 0.6) is 0 Å². The lowest BCUT2D eigenvalue weighted by Gasteiger charge is -2.29. The SMILES string of the molecule is Cc1nc(S(=O)(=O)N2CCC(C)CC2)c(-c2ccccc2)s1. The molecule has 4 nitrogen and oxygen atoms in total. The van der Waals surface area contributed by atoms with Crippen molar-refractivity contribution in [3.8, 4) is 10.4 Å². The molecular weight excluding hydrogens is 316 g/mol. The van der Waals surface area contributed by atoms with E-state index in [1.807, 2.05) is 37.3 Å². The van der Waals surface area contributed by atoms with Gasteiger partial charge in [-0.2, -0.15) is 4.31 Å². The van der Waals surface area contributed by atoms with E-state index in [9.17, 15) is 8.42 Å². The minimum Gasteiger partial charge on any atom is -0.228 e. The highest BCUT2D eigenvalue weighted by Crippen LogP contribution is 2.35. The summed E-state index contributed by atoms with van der Waals surface area (Å²) in [7, 11) is -3.51. The molecule has 0 unspecified atom stereocenters. The molecular formula is C16H20N2O2S2. The van der Waals surface area contributed by atoms with Gasteiger partial charge in [0, 0.05) is 13.1 Å². The molecule has 0 N–H and O–H groups in total. The number of sulfonamides is 1. The van der Waals surface area contributed by atoms with Crippen molar-refractivity contribution in [1.29, 1.82) is 0 Å². The Morgan fingerprint density at radius 3 is 2.45 bits per heavy atom. The molecule has 1 fully saturated rings. The van der Waals surface area contributed by atoms with Crippen LogP contribution in [0, 0.1) is 12.8 Å². The molecule has 3 rings (SSSR count). The van der Waals surface area contributed by atoms with Crippen LogP contribution in [0.3, 0.4) is 0 Å². The molecule has 1 aromatic heterocycles. The van der Waals surface area contributed by atoms with Crippen molar-refractivity contribution in [1.82, 2.24) is 9.29 Å². The number of piperidine rings is 1. The number of hydrogen-bond donors (Lipinski definition) is 0. The second kappa shape index (κ2) is 6.10. The Morgan fingerprint density at radius 2 is 1.82 bits per heavy atom. The van der Waals surface area contributed by atoms with Gasteiger partial charge in [-0.1, -0.05) is 37.3 Å². The number of thiazole rings is 1. The van der Waals surface area contributed by atoms with Gasteiger partial charge in [-0.15, -0.1) is 11.3 Å². The minimum atomic E-state index is -3.51. The zero-order valence-corrected chi connectivity index (χ0v) is 14.5. The fourth-order valence-electron chi connectivity index (χ4n) is 2.70. The van der Waals surface area contributed by atoms with E-state index in [-0.39, 0.29) is 5.03 Å². The molecule has 6 heteroatoms. The minimum absolute atomic E-state index is 0.218. The molecule has 2 heterocycles. The Bertz CT molecular complexity index is 746. The maximum atomic E-state index is 13.0. The summed E-state index contributed by atoms with van der Waals surface area (Å²) in [5.41, 5.74) is 0.914. The van der Waals surface area contributed by atoms with Crippen molar-refractivity contribution in [2.24, 2.45) is 5.92 Å². The van der Waals surface area contributed by atoms with E-state index < -0.39 is 10.0 Å². The van der Waals surface area contributed by atoms with Gasteiger partial charge in [0.1, 0.15) is 0 Å². The Kier molecular flexibility index (Phi) is 4.34. The van der Waals surface area contributed by atoms with Crippen molar-refractivity contribution in [3.05, 3.63) is 35.3 Å². The van der Waals surface area contributed by atoms with E-state index in [2.05, 4.69) is 11.9 Å². The van der Waals surface area contributed by atoms with Gasteiger partial charge < -0.3 is 0 Å². The van der Waals surface area contributed by atoms with E-state index >= 15 is 0 Å². The molecule has 1 aliphatic heterocycles. The average molecular weight is 336 g/mol. The summed E-state index contributed by atoms with van der Waals surface area (Å²) in [6.07, 6.45) is 1.84. The lowest BCUT2D eigenvalue weighted by molar-refractivity contribution is 0.287. The summed E-state index contributed by atoms with van der Waals surface area (Å²) < 4.78 is 27.5. The summed E-state index contributed by atoms with van der Waals surface area (Å²) in [6, 6.07) is 9.64. The number of benzene rings is 1. The normalized spacial score (nSPS) is 17.7. The number of rotatable bonds is 3. The Labute approximate surface area is 135 Å². The Balaban J connectivity index is 2.01. The molecule has 0 saturated carbocycles. The summed E-state index contributed by atoms with van der Waals surface area (Å²) in [5, 5.41) is 0.999. The maximum absolute atomic E-state index is 13.0. The zero-order valence-electron chi connectivity index (χ0n) is 12.8. The first-order valence-corrected chi connectivity index (χ1v) is 9.77. The topological polar surface area (TPSA) is 50.3 Å². The number of aryl methyl sites for hydroxylation is 1. The van der Waals surface area contributed by atoms with Gasteiger partial charge in [0.15, 0.2) is 5.03 Å². The molecule has 1 saturated heterocycles. The third-order valence-electron chi connectivity index (χ3n) is 4.07. The van der Waals surface area contributed by atoms with Crippen LogP contribution in [0.15, 0.2) is 35.4 Å². The Hall–Kier alpha value is -1.24. The molecule has 22 heavy (non-hydrogen) atoms. The molecule has 0 spiro atoms. The van der Waals surface area contributed by atoms with Crippen molar-refractivity contribution < 1.29 is 8.42 Å². The highest BCUT2D eigenvalue weighted by molar-refractivity contribution is 7.89. The highest BCUT2D eigenvalue weighted by atomic mass is 32.2. The molecule has 0 amide bonds. The molecule has 0 bridgehead atoms. The average Bonchev–Trinajstić information content (AvgIpc) is 2.91. The molecule has 1 aliphatic rings. The first kappa shape index (κ1) is 15.6. The van der Waals surface area contributed by atoms with Crippen LogP contribution in [0.2, 0.25) is 0 Å². The van der Waals surface area contributed by atoms with Gasteiger partial charge in [0.25, 0.3) is 10.0 Å². The van der Waals surface area contributed by atoms with Crippen LogP contribution < -0.4 is 0 Å². The second-order valence-electron chi connectivity index (χ2n) is 5.82. The van der Waals surface area contributed by atoms with Crippen LogP contribution in [-0.2, 0) is 10.0 Å². The van der Waals surface area contributed by atoms with Crippen molar-refractivity contribution in [2.75, 3.05) is 13.1 Å². The smallest absolute Gasteiger partial charge is 0.228 e. The van der Waals surface area contributed by atoms with E-state index in [1.54, 1.807) is 4.31 Å². The second-order valence-corrected chi connectivity index (χ2v) is 8.88. The van der Waals surface area contributed by atoms with Gasteiger partial charge in [0.05, 0.1) is 9.88 Å². The van der Waals surface area contributed by atoms with Gasteiger partial charge in [-0.25, -0.2) is 13.4 Å². The summed E-state index contributed by atoms with van der Waals surface area (Å²) in [5.74, 6) is 0.595. The van der Waals surface area contributed by atoms with Crippen LogP contribution in [0.4, 0.5) is 0 Å². The van der Waals surface area contributed by atoms with Gasteiger partial charge in [-0.05, 0) is 31.2 Å². The fourth-order valence-corrected chi connectivity index (χ4v) is 5.56. The number of nitrogens with zero attached hydrogens (tertiary/aromatic N) is 2. The highest BCUT2D eigenvalue weighted by Gasteiger charge is 2.32. The van der Waals surface area contributed by atoms with Crippen molar-refractivity contribution >= 4 is 21.4 Å². The first-order chi connectivity index (χ1) is 10.5. The third-order valence-corrected chi connectivity index (χ3v) is 7.04. The van der Waals surface area contributed by atoms with Gasteiger partial charge in [0.2, 0.25) is 0 Å². The first-order valence-electron chi connectivity index (χ1n) is 7.51. The van der Waals surface area contributed by atoms with E-state index in [4.69, 9.17) is 0 Å². The van der Waals surface area contributed by atoms with Gasteiger partial charge in [-0.3, -0.25) is 0 Å². The summed E-state index contributed by atoms with van der Waals surface area (Å²) in [6.45, 7) is 5.21. The van der Waals surface area contributed by atoms with E-state index in [1.165, 1.54) is 11.3 Å². The van der Waals surface area contributed by atoms with Crippen molar-refractivity contribution in [3.63, 3.8) is 0 Å². The molecule has 1 aromatic carbocycles. The third kappa shape index (κ3) is 2.95. The molecule has 0 radical (unpaired) electrons.